The van der Waals surface area contributed by atoms with Crippen LogP contribution in [0, 0.1) is 0 Å². The van der Waals surface area contributed by atoms with Gasteiger partial charge in [-0.3, -0.25) is 4.68 Å². The van der Waals surface area contributed by atoms with E-state index in [-0.39, 0.29) is 11.4 Å². The monoisotopic (exact) mass is 207 g/mol. The first kappa shape index (κ1) is 10.6. The van der Waals surface area contributed by atoms with Crippen LogP contribution in [0.3, 0.4) is 0 Å². The Morgan fingerprint density at radius 1 is 1.57 bits per heavy atom. The van der Waals surface area contributed by atoms with E-state index in [0.717, 1.165) is 10.7 Å². The number of hydrogen-bond acceptors (Lipinski definition) is 3. The van der Waals surface area contributed by atoms with Crippen molar-refractivity contribution in [2.24, 2.45) is 12.2 Å². The van der Waals surface area contributed by atoms with E-state index in [0.29, 0.717) is 0 Å². The number of halogens is 3. The molecule has 1 aromatic rings. The molecular formula is C7H8F3N3O. The predicted octanol–water partition coefficient (Wildman–Crippen LogP) is 1.64. The lowest BCUT2D eigenvalue weighted by Crippen LogP contribution is -2.07. The molecule has 0 saturated heterocycles. The quantitative estimate of drug-likeness (QED) is 0.432. The second-order valence-corrected chi connectivity index (χ2v) is 2.72. The molecule has 78 valence electrons. The van der Waals surface area contributed by atoms with Crippen molar-refractivity contribution >= 4 is 5.71 Å². The van der Waals surface area contributed by atoms with Crippen molar-refractivity contribution in [3.8, 4) is 0 Å². The van der Waals surface area contributed by atoms with Crippen molar-refractivity contribution in [2.75, 3.05) is 0 Å². The lowest BCUT2D eigenvalue weighted by atomic mass is 10.2. The molecule has 1 heterocycles. The summed E-state index contributed by atoms with van der Waals surface area (Å²) in [5.41, 5.74) is -0.798. The minimum atomic E-state index is -4.48. The first-order chi connectivity index (χ1) is 6.36. The number of hydrogen-bond donors (Lipinski definition) is 1. The first-order valence-corrected chi connectivity index (χ1v) is 3.66. The van der Waals surface area contributed by atoms with Crippen molar-refractivity contribution < 1.29 is 18.4 Å². The molecule has 1 N–H and O–H groups in total. The number of rotatable bonds is 1. The van der Waals surface area contributed by atoms with Crippen LogP contribution < -0.4 is 0 Å². The molecule has 4 nitrogen and oxygen atoms in total. The minimum absolute atomic E-state index is 0.0792. The summed E-state index contributed by atoms with van der Waals surface area (Å²) in [6.45, 7) is 1.39. The third-order valence-corrected chi connectivity index (χ3v) is 1.69. The predicted molar refractivity (Wildman–Crippen MR) is 42.2 cm³/mol. The molecule has 0 unspecified atom stereocenters. The van der Waals surface area contributed by atoms with E-state index in [4.69, 9.17) is 5.21 Å². The fraction of sp³-hybridized carbons (Fsp3) is 0.429. The SMILES string of the molecule is CC(=NO)c1cc(C(F)(F)F)nn1C. The molecule has 0 atom stereocenters. The van der Waals surface area contributed by atoms with Gasteiger partial charge in [-0.15, -0.1) is 0 Å². The van der Waals surface area contributed by atoms with Gasteiger partial charge in [-0.05, 0) is 13.0 Å². The summed E-state index contributed by atoms with van der Waals surface area (Å²) in [5, 5.41) is 14.4. The number of oxime groups is 1. The smallest absolute Gasteiger partial charge is 0.411 e. The van der Waals surface area contributed by atoms with Gasteiger partial charge < -0.3 is 5.21 Å². The van der Waals surface area contributed by atoms with Gasteiger partial charge in [0.2, 0.25) is 0 Å². The molecule has 14 heavy (non-hydrogen) atoms. The van der Waals surface area contributed by atoms with Gasteiger partial charge in [-0.25, -0.2) is 0 Å². The van der Waals surface area contributed by atoms with Gasteiger partial charge in [0.15, 0.2) is 5.69 Å². The van der Waals surface area contributed by atoms with E-state index in [9.17, 15) is 13.2 Å². The zero-order valence-corrected chi connectivity index (χ0v) is 7.50. The van der Waals surface area contributed by atoms with Crippen LogP contribution in [0.15, 0.2) is 11.2 Å². The summed E-state index contributed by atoms with van der Waals surface area (Å²) in [6, 6.07) is 0.828. The van der Waals surface area contributed by atoms with Crippen molar-refractivity contribution in [1.29, 1.82) is 0 Å². The van der Waals surface area contributed by atoms with Gasteiger partial charge in [0.05, 0.1) is 5.69 Å². The summed E-state index contributed by atoms with van der Waals surface area (Å²) < 4.78 is 37.5. The standard InChI is InChI=1S/C7H8F3N3O/c1-4(12-14)5-3-6(7(8,9)10)11-13(5)2/h3,14H,1-2H3. The second kappa shape index (κ2) is 3.32. The Hall–Kier alpha value is -1.53. The fourth-order valence-electron chi connectivity index (χ4n) is 0.996. The zero-order chi connectivity index (χ0) is 10.9. The highest BCUT2D eigenvalue weighted by molar-refractivity contribution is 5.96. The van der Waals surface area contributed by atoms with Crippen molar-refractivity contribution in [2.45, 2.75) is 13.1 Å². The van der Waals surface area contributed by atoms with E-state index in [1.807, 2.05) is 0 Å². The highest BCUT2D eigenvalue weighted by Crippen LogP contribution is 2.28. The van der Waals surface area contributed by atoms with Crippen molar-refractivity contribution in [3.05, 3.63) is 17.5 Å². The van der Waals surface area contributed by atoms with Gasteiger partial charge in [0.25, 0.3) is 0 Å². The van der Waals surface area contributed by atoms with Gasteiger partial charge in [-0.1, -0.05) is 5.16 Å². The molecular weight excluding hydrogens is 199 g/mol. The highest BCUT2D eigenvalue weighted by atomic mass is 19.4. The summed E-state index contributed by atoms with van der Waals surface area (Å²) in [7, 11) is 1.35. The molecule has 0 aromatic carbocycles. The maximum absolute atomic E-state index is 12.2. The second-order valence-electron chi connectivity index (χ2n) is 2.72. The first-order valence-electron chi connectivity index (χ1n) is 3.66. The molecule has 0 aliphatic carbocycles. The molecule has 1 aromatic heterocycles. The molecule has 0 spiro atoms. The van der Waals surface area contributed by atoms with E-state index in [1.54, 1.807) is 0 Å². The topological polar surface area (TPSA) is 50.4 Å². The van der Waals surface area contributed by atoms with Crippen LogP contribution in [-0.4, -0.2) is 20.7 Å². The summed E-state index contributed by atoms with van der Waals surface area (Å²) in [6.07, 6.45) is -4.48. The molecule has 0 saturated carbocycles. The lowest BCUT2D eigenvalue weighted by Gasteiger charge is -1.98. The normalized spacial score (nSPS) is 13.4. The summed E-state index contributed by atoms with van der Waals surface area (Å²) >= 11 is 0. The maximum Gasteiger partial charge on any atom is 0.435 e. The number of aryl methyl sites for hydroxylation is 1. The third-order valence-electron chi connectivity index (χ3n) is 1.69. The van der Waals surface area contributed by atoms with Crippen LogP contribution in [0.5, 0.6) is 0 Å². The van der Waals surface area contributed by atoms with Crippen LogP contribution in [0.25, 0.3) is 0 Å². The number of alkyl halides is 3. The Labute approximate surface area is 77.6 Å². The van der Waals surface area contributed by atoms with E-state index in [1.165, 1.54) is 14.0 Å². The highest BCUT2D eigenvalue weighted by Gasteiger charge is 2.34. The van der Waals surface area contributed by atoms with Crippen LogP contribution in [0.2, 0.25) is 0 Å². The van der Waals surface area contributed by atoms with Crippen LogP contribution in [0.1, 0.15) is 18.3 Å². The molecule has 1 rings (SSSR count). The van der Waals surface area contributed by atoms with E-state index in [2.05, 4.69) is 10.3 Å². The van der Waals surface area contributed by atoms with E-state index < -0.39 is 11.9 Å². The van der Waals surface area contributed by atoms with E-state index >= 15 is 0 Å². The van der Waals surface area contributed by atoms with Crippen LogP contribution in [-0.2, 0) is 13.2 Å². The Morgan fingerprint density at radius 2 is 2.14 bits per heavy atom. The molecule has 0 radical (unpaired) electrons. The number of aromatic nitrogens is 2. The van der Waals surface area contributed by atoms with Gasteiger partial charge >= 0.3 is 6.18 Å². The Morgan fingerprint density at radius 3 is 2.50 bits per heavy atom. The Bertz CT molecular complexity index is 367. The summed E-state index contributed by atoms with van der Waals surface area (Å²) in [5.74, 6) is 0. The molecule has 0 aliphatic rings. The fourth-order valence-corrected chi connectivity index (χ4v) is 0.996. The summed E-state index contributed by atoms with van der Waals surface area (Å²) in [4.78, 5) is 0. The van der Waals surface area contributed by atoms with Gasteiger partial charge in [0, 0.05) is 7.05 Å². The minimum Gasteiger partial charge on any atom is -0.411 e. The van der Waals surface area contributed by atoms with Crippen LogP contribution >= 0.6 is 0 Å². The average Bonchev–Trinajstić information content (AvgIpc) is 2.45. The zero-order valence-electron chi connectivity index (χ0n) is 7.50. The Kier molecular flexibility index (Phi) is 2.50. The lowest BCUT2D eigenvalue weighted by molar-refractivity contribution is -0.141. The van der Waals surface area contributed by atoms with Crippen molar-refractivity contribution in [1.82, 2.24) is 9.78 Å². The van der Waals surface area contributed by atoms with Crippen molar-refractivity contribution in [3.63, 3.8) is 0 Å². The van der Waals surface area contributed by atoms with Crippen LogP contribution in [0.4, 0.5) is 13.2 Å². The third kappa shape index (κ3) is 1.86. The maximum atomic E-state index is 12.2. The molecule has 0 aliphatic heterocycles. The molecule has 0 fully saturated rings. The molecule has 0 amide bonds. The Balaban J connectivity index is 3.18. The average molecular weight is 207 g/mol. The number of nitrogens with zero attached hydrogens (tertiary/aromatic N) is 3. The largest absolute Gasteiger partial charge is 0.435 e. The molecule has 7 heteroatoms. The van der Waals surface area contributed by atoms with Gasteiger partial charge in [0.1, 0.15) is 5.71 Å². The molecule has 0 bridgehead atoms. The van der Waals surface area contributed by atoms with Gasteiger partial charge in [-0.2, -0.15) is 18.3 Å².